The van der Waals surface area contributed by atoms with E-state index in [2.05, 4.69) is 20.2 Å². The lowest BCUT2D eigenvalue weighted by molar-refractivity contribution is 0.102. The van der Waals surface area contributed by atoms with Crippen LogP contribution in [-0.2, 0) is 0 Å². The summed E-state index contributed by atoms with van der Waals surface area (Å²) in [5.41, 5.74) is 0.622. The Morgan fingerprint density at radius 1 is 1.14 bits per heavy atom. The van der Waals surface area contributed by atoms with Crippen molar-refractivity contribution in [1.29, 1.82) is 0 Å². The Bertz CT molecular complexity index is 636. The third kappa shape index (κ3) is 3.18. The molecule has 1 saturated heterocycles. The van der Waals surface area contributed by atoms with E-state index in [1.165, 1.54) is 12.8 Å². The Morgan fingerprint density at radius 3 is 2.57 bits per heavy atom. The van der Waals surface area contributed by atoms with Gasteiger partial charge in [-0.2, -0.15) is 0 Å². The van der Waals surface area contributed by atoms with Crippen molar-refractivity contribution in [2.45, 2.75) is 19.8 Å². The molecule has 0 atom stereocenters. The van der Waals surface area contributed by atoms with Crippen LogP contribution in [0.15, 0.2) is 36.4 Å². The molecule has 0 unspecified atom stereocenters. The third-order valence-electron chi connectivity index (χ3n) is 3.53. The van der Waals surface area contributed by atoms with E-state index in [1.54, 1.807) is 12.1 Å². The van der Waals surface area contributed by atoms with Gasteiger partial charge in [-0.25, -0.2) is 9.97 Å². The standard InChI is InChI=1S/C16H18N4O/c1-12-17-14(11-15(18-12)20-9-5-6-10-20)19-16(21)13-7-3-2-4-8-13/h2-4,7-8,11H,5-6,9-10H2,1H3,(H,17,18,19,21). The van der Waals surface area contributed by atoms with Gasteiger partial charge < -0.3 is 10.2 Å². The number of anilines is 2. The minimum atomic E-state index is -0.152. The summed E-state index contributed by atoms with van der Waals surface area (Å²) in [6, 6.07) is 11.0. The molecule has 1 N–H and O–H groups in total. The molecule has 2 heterocycles. The van der Waals surface area contributed by atoms with E-state index in [0.29, 0.717) is 17.2 Å². The molecule has 5 nitrogen and oxygen atoms in total. The van der Waals surface area contributed by atoms with Crippen LogP contribution in [0.4, 0.5) is 11.6 Å². The molecule has 1 aromatic heterocycles. The second kappa shape index (κ2) is 5.91. The number of aryl methyl sites for hydroxylation is 1. The van der Waals surface area contributed by atoms with Gasteiger partial charge in [-0.05, 0) is 31.9 Å². The van der Waals surface area contributed by atoms with Crippen LogP contribution in [0.2, 0.25) is 0 Å². The highest BCUT2D eigenvalue weighted by Crippen LogP contribution is 2.20. The normalized spacial score (nSPS) is 14.2. The summed E-state index contributed by atoms with van der Waals surface area (Å²) in [5.74, 6) is 1.96. The van der Waals surface area contributed by atoms with Gasteiger partial charge in [-0.1, -0.05) is 18.2 Å². The first-order valence-corrected chi connectivity index (χ1v) is 7.19. The van der Waals surface area contributed by atoms with Crippen LogP contribution in [0.25, 0.3) is 0 Å². The number of nitrogens with one attached hydrogen (secondary N) is 1. The first-order chi connectivity index (χ1) is 10.2. The molecule has 1 amide bonds. The average Bonchev–Trinajstić information content (AvgIpc) is 3.02. The highest BCUT2D eigenvalue weighted by atomic mass is 16.1. The molecule has 1 aromatic carbocycles. The molecule has 1 aliphatic heterocycles. The van der Waals surface area contributed by atoms with E-state index in [9.17, 15) is 4.79 Å². The van der Waals surface area contributed by atoms with E-state index < -0.39 is 0 Å². The van der Waals surface area contributed by atoms with Crippen molar-refractivity contribution < 1.29 is 4.79 Å². The average molecular weight is 282 g/mol. The van der Waals surface area contributed by atoms with Gasteiger partial charge >= 0.3 is 0 Å². The monoisotopic (exact) mass is 282 g/mol. The number of rotatable bonds is 3. The van der Waals surface area contributed by atoms with Gasteiger partial charge in [0.15, 0.2) is 0 Å². The van der Waals surface area contributed by atoms with Crippen LogP contribution in [0.5, 0.6) is 0 Å². The SMILES string of the molecule is Cc1nc(NC(=O)c2ccccc2)cc(N2CCCC2)n1. The quantitative estimate of drug-likeness (QED) is 0.940. The summed E-state index contributed by atoms with van der Waals surface area (Å²) in [4.78, 5) is 23.2. The summed E-state index contributed by atoms with van der Waals surface area (Å²) < 4.78 is 0. The molecule has 5 heteroatoms. The smallest absolute Gasteiger partial charge is 0.256 e. The second-order valence-corrected chi connectivity index (χ2v) is 5.17. The van der Waals surface area contributed by atoms with Crippen molar-refractivity contribution in [3.05, 3.63) is 47.8 Å². The topological polar surface area (TPSA) is 58.1 Å². The van der Waals surface area contributed by atoms with Gasteiger partial charge in [-0.15, -0.1) is 0 Å². The fourth-order valence-corrected chi connectivity index (χ4v) is 2.50. The number of carbonyl (C=O) groups is 1. The number of aromatic nitrogens is 2. The zero-order valence-electron chi connectivity index (χ0n) is 12.0. The molecular formula is C16H18N4O. The lowest BCUT2D eigenvalue weighted by Crippen LogP contribution is -2.21. The Hall–Kier alpha value is -2.43. The summed E-state index contributed by atoms with van der Waals surface area (Å²) in [6.07, 6.45) is 2.38. The van der Waals surface area contributed by atoms with Gasteiger partial charge in [0, 0.05) is 24.7 Å². The second-order valence-electron chi connectivity index (χ2n) is 5.17. The van der Waals surface area contributed by atoms with Gasteiger partial charge in [0.25, 0.3) is 5.91 Å². The molecule has 0 saturated carbocycles. The fraction of sp³-hybridized carbons (Fsp3) is 0.312. The molecule has 0 radical (unpaired) electrons. The Morgan fingerprint density at radius 2 is 1.86 bits per heavy atom. The Balaban J connectivity index is 1.80. The number of benzene rings is 1. The fourth-order valence-electron chi connectivity index (χ4n) is 2.50. The first-order valence-electron chi connectivity index (χ1n) is 7.19. The molecule has 0 aliphatic carbocycles. The van der Waals surface area contributed by atoms with Crippen molar-refractivity contribution in [3.8, 4) is 0 Å². The minimum absolute atomic E-state index is 0.152. The lowest BCUT2D eigenvalue weighted by atomic mass is 10.2. The summed E-state index contributed by atoms with van der Waals surface area (Å²) in [7, 11) is 0. The molecule has 1 aliphatic rings. The molecule has 1 fully saturated rings. The zero-order valence-corrected chi connectivity index (χ0v) is 12.0. The van der Waals surface area contributed by atoms with Crippen LogP contribution < -0.4 is 10.2 Å². The van der Waals surface area contributed by atoms with Gasteiger partial charge in [-0.3, -0.25) is 4.79 Å². The highest BCUT2D eigenvalue weighted by Gasteiger charge is 2.16. The number of nitrogens with zero attached hydrogens (tertiary/aromatic N) is 3. The maximum absolute atomic E-state index is 12.2. The molecular weight excluding hydrogens is 264 g/mol. The van der Waals surface area contributed by atoms with Crippen molar-refractivity contribution in [2.24, 2.45) is 0 Å². The van der Waals surface area contributed by atoms with Gasteiger partial charge in [0.1, 0.15) is 17.5 Å². The van der Waals surface area contributed by atoms with Crippen molar-refractivity contribution in [1.82, 2.24) is 9.97 Å². The number of hydrogen-bond donors (Lipinski definition) is 1. The van der Waals surface area contributed by atoms with E-state index in [0.717, 1.165) is 18.9 Å². The van der Waals surface area contributed by atoms with Crippen LogP contribution in [-0.4, -0.2) is 29.0 Å². The maximum atomic E-state index is 12.2. The van der Waals surface area contributed by atoms with E-state index in [-0.39, 0.29) is 5.91 Å². The highest BCUT2D eigenvalue weighted by molar-refractivity contribution is 6.03. The van der Waals surface area contributed by atoms with Crippen LogP contribution in [0.3, 0.4) is 0 Å². The Labute approximate surface area is 124 Å². The minimum Gasteiger partial charge on any atom is -0.356 e. The van der Waals surface area contributed by atoms with Crippen molar-refractivity contribution in [3.63, 3.8) is 0 Å². The van der Waals surface area contributed by atoms with Crippen LogP contribution in [0, 0.1) is 6.92 Å². The van der Waals surface area contributed by atoms with E-state index in [1.807, 2.05) is 31.2 Å². The molecule has 3 rings (SSSR count). The maximum Gasteiger partial charge on any atom is 0.256 e. The van der Waals surface area contributed by atoms with Crippen LogP contribution >= 0.6 is 0 Å². The first kappa shape index (κ1) is 13.5. The predicted octanol–water partition coefficient (Wildman–Crippen LogP) is 2.64. The zero-order chi connectivity index (χ0) is 14.7. The Kier molecular flexibility index (Phi) is 3.81. The molecule has 0 spiro atoms. The summed E-state index contributed by atoms with van der Waals surface area (Å²) in [6.45, 7) is 3.88. The predicted molar refractivity (Wildman–Crippen MR) is 82.6 cm³/mol. The summed E-state index contributed by atoms with van der Waals surface area (Å²) >= 11 is 0. The number of carbonyl (C=O) groups excluding carboxylic acids is 1. The molecule has 2 aromatic rings. The number of hydrogen-bond acceptors (Lipinski definition) is 4. The molecule has 21 heavy (non-hydrogen) atoms. The van der Waals surface area contributed by atoms with Crippen molar-refractivity contribution >= 4 is 17.5 Å². The lowest BCUT2D eigenvalue weighted by Gasteiger charge is -2.17. The third-order valence-corrected chi connectivity index (χ3v) is 3.53. The largest absolute Gasteiger partial charge is 0.356 e. The summed E-state index contributed by atoms with van der Waals surface area (Å²) in [5, 5.41) is 2.85. The molecule has 108 valence electrons. The van der Waals surface area contributed by atoms with Crippen LogP contribution in [0.1, 0.15) is 29.0 Å². The van der Waals surface area contributed by atoms with E-state index >= 15 is 0 Å². The van der Waals surface area contributed by atoms with Crippen molar-refractivity contribution in [2.75, 3.05) is 23.3 Å². The van der Waals surface area contributed by atoms with Gasteiger partial charge in [0.2, 0.25) is 0 Å². The van der Waals surface area contributed by atoms with E-state index in [4.69, 9.17) is 0 Å². The van der Waals surface area contributed by atoms with Gasteiger partial charge in [0.05, 0.1) is 0 Å². The number of amides is 1. The molecule has 0 bridgehead atoms.